The van der Waals surface area contributed by atoms with E-state index in [2.05, 4.69) is 37.9 Å². The minimum absolute atomic E-state index is 0.681. The Labute approximate surface area is 156 Å². The van der Waals surface area contributed by atoms with Crippen LogP contribution >= 0.6 is 11.6 Å². The fourth-order valence-electron chi connectivity index (χ4n) is 4.53. The number of aromatic nitrogens is 3. The van der Waals surface area contributed by atoms with Gasteiger partial charge in [-0.05, 0) is 54.6 Å². The Bertz CT molecular complexity index is 684. The summed E-state index contributed by atoms with van der Waals surface area (Å²) in [5, 5.41) is 8.27. The summed E-state index contributed by atoms with van der Waals surface area (Å²) in [6.07, 6.45) is 4.97. The second-order valence-corrected chi connectivity index (χ2v) is 8.49. The third-order valence-electron chi connectivity index (χ3n) is 6.30. The quantitative estimate of drug-likeness (QED) is 0.709. The normalized spacial score (nSPS) is 28.0. The first kappa shape index (κ1) is 18.4. The molecule has 2 aromatic rings. The summed E-state index contributed by atoms with van der Waals surface area (Å²) < 4.78 is 0. The molecule has 1 aromatic heterocycles. The summed E-state index contributed by atoms with van der Waals surface area (Å²) >= 11 is 6.08. The van der Waals surface area contributed by atoms with Gasteiger partial charge in [0.1, 0.15) is 5.82 Å². The molecule has 3 rings (SSSR count). The summed E-state index contributed by atoms with van der Waals surface area (Å²) in [6.45, 7) is 9.57. The van der Waals surface area contributed by atoms with Crippen LogP contribution in [0.3, 0.4) is 0 Å². The number of rotatable bonds is 5. The van der Waals surface area contributed by atoms with E-state index in [0.717, 1.165) is 52.3 Å². The second-order valence-electron chi connectivity index (χ2n) is 8.06. The Hall–Kier alpha value is -1.35. The lowest BCUT2D eigenvalue weighted by Crippen LogP contribution is -2.33. The monoisotopic (exact) mass is 359 g/mol. The molecule has 1 aliphatic rings. The largest absolute Gasteiger partial charge is 0.263 e. The molecule has 0 saturated heterocycles. The van der Waals surface area contributed by atoms with Gasteiger partial charge >= 0.3 is 0 Å². The van der Waals surface area contributed by atoms with Crippen molar-refractivity contribution in [1.29, 1.82) is 0 Å². The van der Waals surface area contributed by atoms with E-state index >= 15 is 0 Å². The van der Waals surface area contributed by atoms with Crippen molar-refractivity contribution in [3.05, 3.63) is 35.1 Å². The molecule has 136 valence electrons. The zero-order chi connectivity index (χ0) is 18.0. The fraction of sp³-hybridized carbons (Fsp3) is 0.619. The van der Waals surface area contributed by atoms with E-state index in [1.54, 1.807) is 0 Å². The van der Waals surface area contributed by atoms with Gasteiger partial charge in [-0.2, -0.15) is 5.10 Å². The number of benzene rings is 1. The topological polar surface area (TPSA) is 41.6 Å². The smallest absolute Gasteiger partial charge is 0.181 e. The molecule has 0 aliphatic heterocycles. The first-order valence-corrected chi connectivity index (χ1v) is 10.0. The highest BCUT2D eigenvalue weighted by Crippen LogP contribution is 2.42. The molecule has 3 unspecified atom stereocenters. The number of H-pyrrole nitrogens is 1. The molecule has 1 N–H and O–H groups in total. The van der Waals surface area contributed by atoms with Crippen molar-refractivity contribution in [2.24, 2.45) is 29.6 Å². The maximum atomic E-state index is 6.08. The zero-order valence-electron chi connectivity index (χ0n) is 15.8. The van der Waals surface area contributed by atoms with Crippen molar-refractivity contribution >= 4 is 11.6 Å². The molecule has 4 heteroatoms. The third kappa shape index (κ3) is 4.25. The van der Waals surface area contributed by atoms with Crippen LogP contribution in [0.4, 0.5) is 0 Å². The summed E-state index contributed by atoms with van der Waals surface area (Å²) in [7, 11) is 0. The maximum absolute atomic E-state index is 6.08. The van der Waals surface area contributed by atoms with E-state index in [0.29, 0.717) is 5.92 Å². The van der Waals surface area contributed by atoms with E-state index < -0.39 is 0 Å². The van der Waals surface area contributed by atoms with Crippen molar-refractivity contribution < 1.29 is 0 Å². The summed E-state index contributed by atoms with van der Waals surface area (Å²) in [4.78, 5) is 4.73. The van der Waals surface area contributed by atoms with Crippen LogP contribution in [-0.2, 0) is 6.42 Å². The van der Waals surface area contributed by atoms with E-state index in [-0.39, 0.29) is 0 Å². The summed E-state index contributed by atoms with van der Waals surface area (Å²) in [6, 6.07) is 7.73. The van der Waals surface area contributed by atoms with Gasteiger partial charge in [-0.25, -0.2) is 4.98 Å². The van der Waals surface area contributed by atoms with Crippen LogP contribution in [0.15, 0.2) is 24.3 Å². The van der Waals surface area contributed by atoms with Gasteiger partial charge in [-0.3, -0.25) is 5.10 Å². The number of nitrogens with zero attached hydrogens (tertiary/aromatic N) is 2. The molecule has 1 aromatic carbocycles. The van der Waals surface area contributed by atoms with Gasteiger partial charge in [-0.1, -0.05) is 57.8 Å². The molecular formula is C21H30ClN3. The number of nitrogens with one attached hydrogen (secondary N) is 1. The van der Waals surface area contributed by atoms with E-state index in [1.165, 1.54) is 19.3 Å². The van der Waals surface area contributed by atoms with Crippen LogP contribution in [0.1, 0.15) is 52.8 Å². The zero-order valence-corrected chi connectivity index (χ0v) is 16.6. The first-order chi connectivity index (χ1) is 12.0. The number of hydrogen-bond donors (Lipinski definition) is 1. The lowest BCUT2D eigenvalue weighted by atomic mass is 9.64. The fourth-order valence-corrected chi connectivity index (χ4v) is 4.72. The molecule has 3 nitrogen and oxygen atoms in total. The number of halogens is 1. The van der Waals surface area contributed by atoms with Crippen molar-refractivity contribution in [3.8, 4) is 11.4 Å². The van der Waals surface area contributed by atoms with Gasteiger partial charge in [0.2, 0.25) is 0 Å². The van der Waals surface area contributed by atoms with Crippen LogP contribution in [0.5, 0.6) is 0 Å². The molecule has 1 fully saturated rings. The van der Waals surface area contributed by atoms with Crippen molar-refractivity contribution in [3.63, 3.8) is 0 Å². The minimum Gasteiger partial charge on any atom is -0.263 e. The SMILES string of the molecule is CCC(C)C1CC(C)C(Cc2nc(-c3cccc(Cl)c3)n[nH]2)C(C)C1. The molecule has 0 spiro atoms. The third-order valence-corrected chi connectivity index (χ3v) is 6.54. The number of aromatic amines is 1. The highest BCUT2D eigenvalue weighted by Gasteiger charge is 2.35. The van der Waals surface area contributed by atoms with E-state index in [4.69, 9.17) is 16.6 Å². The molecule has 0 amide bonds. The van der Waals surface area contributed by atoms with Crippen molar-refractivity contribution in [2.45, 2.75) is 53.4 Å². The first-order valence-electron chi connectivity index (χ1n) is 9.65. The molecule has 1 heterocycles. The highest BCUT2D eigenvalue weighted by molar-refractivity contribution is 6.30. The predicted molar refractivity (Wildman–Crippen MR) is 105 cm³/mol. The molecular weight excluding hydrogens is 330 g/mol. The lowest BCUT2D eigenvalue weighted by Gasteiger charge is -2.41. The van der Waals surface area contributed by atoms with E-state index in [1.807, 2.05) is 24.3 Å². The van der Waals surface area contributed by atoms with Gasteiger partial charge in [0, 0.05) is 17.0 Å². The standard InChI is InChI=1S/C21H30ClN3/c1-5-13(2)17-9-14(3)19(15(4)10-17)12-20-23-21(25-24-20)16-7-6-8-18(22)11-16/h6-8,11,13-15,17,19H,5,9-10,12H2,1-4H3,(H,23,24,25). The van der Waals surface area contributed by atoms with Crippen LogP contribution in [0.2, 0.25) is 5.02 Å². The Morgan fingerprint density at radius 3 is 2.60 bits per heavy atom. The lowest BCUT2D eigenvalue weighted by molar-refractivity contribution is 0.0946. The van der Waals surface area contributed by atoms with Gasteiger partial charge < -0.3 is 0 Å². The summed E-state index contributed by atoms with van der Waals surface area (Å²) in [5.74, 6) is 5.62. The van der Waals surface area contributed by atoms with Gasteiger partial charge in [0.25, 0.3) is 0 Å². The summed E-state index contributed by atoms with van der Waals surface area (Å²) in [5.41, 5.74) is 0.969. The minimum atomic E-state index is 0.681. The van der Waals surface area contributed by atoms with Crippen LogP contribution < -0.4 is 0 Å². The van der Waals surface area contributed by atoms with Crippen molar-refractivity contribution in [2.75, 3.05) is 0 Å². The molecule has 1 aliphatic carbocycles. The molecule has 25 heavy (non-hydrogen) atoms. The molecule has 3 atom stereocenters. The van der Waals surface area contributed by atoms with E-state index in [9.17, 15) is 0 Å². The predicted octanol–water partition coefficient (Wildman–Crippen LogP) is 6.01. The number of hydrogen-bond acceptors (Lipinski definition) is 2. The van der Waals surface area contributed by atoms with Crippen LogP contribution in [0, 0.1) is 29.6 Å². The second kappa shape index (κ2) is 7.90. The van der Waals surface area contributed by atoms with Crippen molar-refractivity contribution in [1.82, 2.24) is 15.2 Å². The Balaban J connectivity index is 1.69. The van der Waals surface area contributed by atoms with Crippen LogP contribution in [-0.4, -0.2) is 15.2 Å². The van der Waals surface area contributed by atoms with Gasteiger partial charge in [-0.15, -0.1) is 0 Å². The van der Waals surface area contributed by atoms with Crippen LogP contribution in [0.25, 0.3) is 11.4 Å². The molecule has 0 bridgehead atoms. The molecule has 0 radical (unpaired) electrons. The molecule has 1 saturated carbocycles. The maximum Gasteiger partial charge on any atom is 0.181 e. The highest BCUT2D eigenvalue weighted by atomic mass is 35.5. The Kier molecular flexibility index (Phi) is 5.83. The average Bonchev–Trinajstić information content (AvgIpc) is 3.06. The van der Waals surface area contributed by atoms with Gasteiger partial charge in [0.15, 0.2) is 5.82 Å². The van der Waals surface area contributed by atoms with Gasteiger partial charge in [0.05, 0.1) is 0 Å². The Morgan fingerprint density at radius 1 is 1.24 bits per heavy atom. The average molecular weight is 360 g/mol. The Morgan fingerprint density at radius 2 is 1.96 bits per heavy atom.